The number of aliphatic imine (C=N–C) groups is 1. The lowest BCUT2D eigenvalue weighted by atomic mass is 10.2. The van der Waals surface area contributed by atoms with Crippen molar-refractivity contribution >= 4 is 29.9 Å². The monoisotopic (exact) mass is 375 g/mol. The van der Waals surface area contributed by atoms with Crippen molar-refractivity contribution in [1.29, 1.82) is 0 Å². The highest BCUT2D eigenvalue weighted by molar-refractivity contribution is 14.0. The summed E-state index contributed by atoms with van der Waals surface area (Å²) in [4.78, 5) is 6.45. The van der Waals surface area contributed by atoms with Gasteiger partial charge in [-0.15, -0.1) is 24.0 Å². The highest BCUT2D eigenvalue weighted by Gasteiger charge is 2.27. The summed E-state index contributed by atoms with van der Waals surface area (Å²) >= 11 is 0. The van der Waals surface area contributed by atoms with E-state index >= 15 is 0 Å². The first kappa shape index (κ1) is 14.2. The zero-order valence-electron chi connectivity index (χ0n) is 10.8. The molecule has 0 unspecified atom stereocenters. The van der Waals surface area contributed by atoms with Crippen molar-refractivity contribution in [2.24, 2.45) is 10.7 Å². The maximum Gasteiger partial charge on any atom is 0.231 e. The zero-order chi connectivity index (χ0) is 12.5. The largest absolute Gasteiger partial charge is 0.454 e. The van der Waals surface area contributed by atoms with Gasteiger partial charge in [-0.1, -0.05) is 6.07 Å². The van der Waals surface area contributed by atoms with Crippen molar-refractivity contribution in [2.45, 2.75) is 25.4 Å². The third kappa shape index (κ3) is 3.23. The van der Waals surface area contributed by atoms with Crippen LogP contribution in [0.1, 0.15) is 18.4 Å². The molecule has 0 atom stereocenters. The Morgan fingerprint density at radius 3 is 2.84 bits per heavy atom. The average molecular weight is 375 g/mol. The molecule has 5 nitrogen and oxygen atoms in total. The van der Waals surface area contributed by atoms with Crippen LogP contribution in [-0.4, -0.2) is 30.7 Å². The van der Waals surface area contributed by atoms with E-state index < -0.39 is 0 Å². The average Bonchev–Trinajstić information content (AvgIpc) is 3.13. The summed E-state index contributed by atoms with van der Waals surface area (Å²) in [6.45, 7) is 0.869. The van der Waals surface area contributed by atoms with E-state index in [9.17, 15) is 0 Å². The standard InChI is InChI=1S/C13H17N3O2.HI/c1-16(10-3-4-10)13(14)15-7-9-2-5-11-12(6-9)18-8-17-11;/h2,5-6,10H,3-4,7-8H2,1H3,(H2,14,15);1H. The minimum absolute atomic E-state index is 0. The number of nitrogens with two attached hydrogens (primary N) is 1. The molecule has 1 heterocycles. The van der Waals surface area contributed by atoms with Gasteiger partial charge >= 0.3 is 0 Å². The highest BCUT2D eigenvalue weighted by atomic mass is 127. The van der Waals surface area contributed by atoms with Gasteiger partial charge in [-0.25, -0.2) is 4.99 Å². The van der Waals surface area contributed by atoms with E-state index in [1.165, 1.54) is 12.8 Å². The van der Waals surface area contributed by atoms with Crippen LogP contribution in [0.15, 0.2) is 23.2 Å². The van der Waals surface area contributed by atoms with Crippen LogP contribution >= 0.6 is 24.0 Å². The number of hydrogen-bond acceptors (Lipinski definition) is 3. The molecule has 3 rings (SSSR count). The Morgan fingerprint density at radius 2 is 2.11 bits per heavy atom. The Balaban J connectivity index is 0.00000133. The van der Waals surface area contributed by atoms with Crippen LogP contribution in [-0.2, 0) is 6.54 Å². The van der Waals surface area contributed by atoms with Crippen molar-refractivity contribution in [2.75, 3.05) is 13.8 Å². The molecule has 1 fully saturated rings. The second kappa shape index (κ2) is 5.85. The van der Waals surface area contributed by atoms with Crippen LogP contribution in [0.2, 0.25) is 0 Å². The fourth-order valence-electron chi connectivity index (χ4n) is 1.97. The minimum Gasteiger partial charge on any atom is -0.454 e. The zero-order valence-corrected chi connectivity index (χ0v) is 13.2. The molecule has 2 N–H and O–H groups in total. The summed E-state index contributed by atoms with van der Waals surface area (Å²) in [5.41, 5.74) is 7.01. The summed E-state index contributed by atoms with van der Waals surface area (Å²) in [6, 6.07) is 6.44. The van der Waals surface area contributed by atoms with Crippen LogP contribution in [0.3, 0.4) is 0 Å². The Kier molecular flexibility index (Phi) is 4.38. The highest BCUT2D eigenvalue weighted by Crippen LogP contribution is 2.32. The van der Waals surface area contributed by atoms with Gasteiger partial charge in [-0.3, -0.25) is 0 Å². The number of benzene rings is 1. The predicted molar refractivity (Wildman–Crippen MR) is 84.1 cm³/mol. The van der Waals surface area contributed by atoms with Crippen molar-refractivity contribution in [1.82, 2.24) is 4.90 Å². The second-order valence-corrected chi connectivity index (χ2v) is 4.70. The maximum absolute atomic E-state index is 5.94. The van der Waals surface area contributed by atoms with E-state index in [0.717, 1.165) is 17.1 Å². The Hall–Kier alpha value is -1.18. The van der Waals surface area contributed by atoms with Crippen molar-refractivity contribution < 1.29 is 9.47 Å². The van der Waals surface area contributed by atoms with Gasteiger partial charge in [0.25, 0.3) is 0 Å². The number of nitrogens with zero attached hydrogens (tertiary/aromatic N) is 2. The van der Waals surface area contributed by atoms with Gasteiger partial charge in [-0.2, -0.15) is 0 Å². The van der Waals surface area contributed by atoms with E-state index in [0.29, 0.717) is 25.3 Å². The van der Waals surface area contributed by atoms with Gasteiger partial charge in [0.1, 0.15) is 0 Å². The molecule has 1 aromatic rings. The lowest BCUT2D eigenvalue weighted by molar-refractivity contribution is 0.174. The van der Waals surface area contributed by atoms with Crippen LogP contribution in [0.25, 0.3) is 0 Å². The molecule has 0 saturated heterocycles. The SMILES string of the molecule is CN(C(N)=NCc1ccc2c(c1)OCO2)C1CC1.I. The first-order chi connectivity index (χ1) is 8.74. The summed E-state index contributed by atoms with van der Waals surface area (Å²) < 4.78 is 10.6. The molecule has 0 amide bonds. The van der Waals surface area contributed by atoms with E-state index in [1.54, 1.807) is 0 Å². The van der Waals surface area contributed by atoms with E-state index in [2.05, 4.69) is 4.99 Å². The van der Waals surface area contributed by atoms with Gasteiger partial charge in [0, 0.05) is 13.1 Å². The normalized spacial score (nSPS) is 17.0. The van der Waals surface area contributed by atoms with Gasteiger partial charge in [0.15, 0.2) is 17.5 Å². The summed E-state index contributed by atoms with van der Waals surface area (Å²) in [5, 5.41) is 0. The molecule has 0 radical (unpaired) electrons. The first-order valence-corrected chi connectivity index (χ1v) is 6.15. The lowest BCUT2D eigenvalue weighted by Crippen LogP contribution is -2.35. The van der Waals surface area contributed by atoms with Crippen LogP contribution < -0.4 is 15.2 Å². The fraction of sp³-hybridized carbons (Fsp3) is 0.462. The number of fused-ring (bicyclic) bond motifs is 1. The summed E-state index contributed by atoms with van der Waals surface area (Å²) in [5.74, 6) is 2.19. The molecule has 0 aromatic heterocycles. The molecule has 1 aromatic carbocycles. The summed E-state index contributed by atoms with van der Waals surface area (Å²) in [7, 11) is 2.00. The fourth-order valence-corrected chi connectivity index (χ4v) is 1.97. The first-order valence-electron chi connectivity index (χ1n) is 6.15. The van der Waals surface area contributed by atoms with E-state index in [4.69, 9.17) is 15.2 Å². The maximum atomic E-state index is 5.94. The second-order valence-electron chi connectivity index (χ2n) is 4.70. The number of hydrogen-bond donors (Lipinski definition) is 1. The van der Waals surface area contributed by atoms with Crippen LogP contribution in [0.4, 0.5) is 0 Å². The molecule has 1 aliphatic carbocycles. The van der Waals surface area contributed by atoms with Gasteiger partial charge < -0.3 is 20.1 Å². The quantitative estimate of drug-likeness (QED) is 0.499. The molecule has 1 saturated carbocycles. The lowest BCUT2D eigenvalue weighted by Gasteiger charge is -2.16. The van der Waals surface area contributed by atoms with Crippen LogP contribution in [0, 0.1) is 0 Å². The van der Waals surface area contributed by atoms with E-state index in [1.807, 2.05) is 30.1 Å². The smallest absolute Gasteiger partial charge is 0.231 e. The molecule has 6 heteroatoms. The van der Waals surface area contributed by atoms with Crippen molar-refractivity contribution in [3.63, 3.8) is 0 Å². The molecule has 0 spiro atoms. The number of ether oxygens (including phenoxy) is 2. The molecule has 1 aliphatic heterocycles. The number of rotatable bonds is 3. The van der Waals surface area contributed by atoms with Crippen molar-refractivity contribution in [3.05, 3.63) is 23.8 Å². The molecular formula is C13H18IN3O2. The Morgan fingerprint density at radius 1 is 1.37 bits per heavy atom. The molecule has 19 heavy (non-hydrogen) atoms. The number of halogens is 1. The Bertz CT molecular complexity index is 489. The van der Waals surface area contributed by atoms with Gasteiger partial charge in [0.05, 0.1) is 6.54 Å². The van der Waals surface area contributed by atoms with Gasteiger partial charge in [0.2, 0.25) is 6.79 Å². The molecule has 2 aliphatic rings. The topological polar surface area (TPSA) is 60.1 Å². The minimum atomic E-state index is 0. The summed E-state index contributed by atoms with van der Waals surface area (Å²) in [6.07, 6.45) is 2.44. The van der Waals surface area contributed by atoms with E-state index in [-0.39, 0.29) is 24.0 Å². The molecule has 104 valence electrons. The number of guanidine groups is 1. The third-order valence-electron chi connectivity index (χ3n) is 3.32. The van der Waals surface area contributed by atoms with Crippen molar-refractivity contribution in [3.8, 4) is 11.5 Å². The third-order valence-corrected chi connectivity index (χ3v) is 3.32. The Labute approximate surface area is 129 Å². The predicted octanol–water partition coefficient (Wildman–Crippen LogP) is 1.94. The molecule has 0 bridgehead atoms. The van der Waals surface area contributed by atoms with Crippen LogP contribution in [0.5, 0.6) is 11.5 Å². The van der Waals surface area contributed by atoms with Gasteiger partial charge in [-0.05, 0) is 30.5 Å². The molecular weight excluding hydrogens is 357 g/mol.